The van der Waals surface area contributed by atoms with Gasteiger partial charge in [-0.2, -0.15) is 0 Å². The summed E-state index contributed by atoms with van der Waals surface area (Å²) in [7, 11) is 0. The number of Topliss-reactive ketones (excluding diaryl/α,β-unsaturated/α-hetero) is 3. The molecule has 0 saturated heterocycles. The van der Waals surface area contributed by atoms with Crippen LogP contribution < -0.4 is 0 Å². The molecule has 0 saturated carbocycles. The van der Waals surface area contributed by atoms with Crippen molar-refractivity contribution in [1.82, 2.24) is 0 Å². The first-order chi connectivity index (χ1) is 17.8. The molecule has 0 radical (unpaired) electrons. The lowest BCUT2D eigenvalue weighted by Gasteiger charge is -2.24. The number of hydrogen-bond donors (Lipinski definition) is 0. The highest BCUT2D eigenvalue weighted by Crippen LogP contribution is 2.51. The van der Waals surface area contributed by atoms with E-state index in [1.165, 1.54) is 0 Å². The molecule has 4 aromatic rings. The van der Waals surface area contributed by atoms with Crippen molar-refractivity contribution in [2.45, 2.75) is 18.3 Å². The zero-order valence-electron chi connectivity index (χ0n) is 19.5. The summed E-state index contributed by atoms with van der Waals surface area (Å²) in [6.45, 7) is 0. The van der Waals surface area contributed by atoms with Crippen molar-refractivity contribution in [3.05, 3.63) is 139 Å². The Hall–Kier alpha value is -3.05. The molecule has 5 rings (SSSR count). The van der Waals surface area contributed by atoms with Crippen LogP contribution in [-0.2, 0) is 0 Å². The van der Waals surface area contributed by atoms with Gasteiger partial charge in [-0.05, 0) is 71.8 Å². The van der Waals surface area contributed by atoms with E-state index in [-0.39, 0.29) is 23.8 Å². The van der Waals surface area contributed by atoms with E-state index < -0.39 is 17.8 Å². The monoisotopic (exact) mass is 590 g/mol. The number of fused-ring (bicyclic) bond motifs is 1. The van der Waals surface area contributed by atoms with Crippen LogP contribution in [0.5, 0.6) is 0 Å². The lowest BCUT2D eigenvalue weighted by molar-refractivity contribution is 0.0799. The first-order valence-electron chi connectivity index (χ1n) is 11.8. The second-order valence-corrected chi connectivity index (χ2v) is 10.9. The van der Waals surface area contributed by atoms with Gasteiger partial charge in [0.25, 0.3) is 0 Å². The fraction of sp³-hybridized carbons (Fsp3) is 0.129. The molecule has 3 nitrogen and oxygen atoms in total. The van der Waals surface area contributed by atoms with Crippen molar-refractivity contribution in [3.8, 4) is 0 Å². The summed E-state index contributed by atoms with van der Waals surface area (Å²) in [5, 5.41) is 1.06. The van der Waals surface area contributed by atoms with Crippen molar-refractivity contribution in [1.29, 1.82) is 0 Å². The van der Waals surface area contributed by atoms with Crippen LogP contribution in [-0.4, -0.2) is 17.3 Å². The summed E-state index contributed by atoms with van der Waals surface area (Å²) in [4.78, 5) is 41.4. The molecule has 6 heteroatoms. The third-order valence-corrected chi connectivity index (χ3v) is 7.97. The topological polar surface area (TPSA) is 51.2 Å². The smallest absolute Gasteiger partial charge is 0.171 e. The van der Waals surface area contributed by atoms with E-state index in [0.29, 0.717) is 26.7 Å². The van der Waals surface area contributed by atoms with E-state index >= 15 is 0 Å². The highest BCUT2D eigenvalue weighted by atomic mass is 79.9. The molecule has 37 heavy (non-hydrogen) atoms. The Morgan fingerprint density at radius 1 is 0.622 bits per heavy atom. The van der Waals surface area contributed by atoms with Crippen LogP contribution in [0, 0.1) is 5.92 Å². The van der Waals surface area contributed by atoms with E-state index in [2.05, 4.69) is 15.9 Å². The molecule has 0 bridgehead atoms. The maximum atomic E-state index is 14.1. The highest BCUT2D eigenvalue weighted by Gasteiger charge is 2.48. The molecule has 0 heterocycles. The Morgan fingerprint density at radius 3 is 1.70 bits per heavy atom. The minimum absolute atomic E-state index is 0.0900. The zero-order chi connectivity index (χ0) is 26.1. The Labute approximate surface area is 233 Å². The minimum Gasteiger partial charge on any atom is -0.294 e. The van der Waals surface area contributed by atoms with E-state index in [9.17, 15) is 14.4 Å². The van der Waals surface area contributed by atoms with Crippen molar-refractivity contribution >= 4 is 56.5 Å². The van der Waals surface area contributed by atoms with Crippen molar-refractivity contribution in [2.24, 2.45) is 5.92 Å². The summed E-state index contributed by atoms with van der Waals surface area (Å²) in [5.74, 6) is -2.37. The molecule has 184 valence electrons. The van der Waals surface area contributed by atoms with E-state index in [1.54, 1.807) is 60.7 Å². The van der Waals surface area contributed by atoms with Gasteiger partial charge in [-0.1, -0.05) is 75.5 Å². The predicted octanol–water partition coefficient (Wildman–Crippen LogP) is 8.59. The average molecular weight is 592 g/mol. The highest BCUT2D eigenvalue weighted by molar-refractivity contribution is 9.10. The van der Waals surface area contributed by atoms with Crippen molar-refractivity contribution in [3.63, 3.8) is 0 Å². The summed E-state index contributed by atoms with van der Waals surface area (Å²) < 4.78 is 0.858. The summed E-state index contributed by atoms with van der Waals surface area (Å²) in [5.41, 5.74) is 3.13. The molecule has 1 aliphatic rings. The van der Waals surface area contributed by atoms with E-state index in [1.807, 2.05) is 36.4 Å². The standard InChI is InChI=1S/C31H21BrCl2O3/c32-21-11-5-19(6-12-21)30(36)28-25-4-2-1-3-24(25)26(17-27(35)18-7-13-22(33)14-8-18)29(28)31(37)20-9-15-23(34)16-10-20/h1-16,26,28-29H,17H2/t26-,28-,29-/m1/s1. The molecule has 0 fully saturated rings. The van der Waals surface area contributed by atoms with Crippen LogP contribution in [0.1, 0.15) is 60.5 Å². The zero-order valence-corrected chi connectivity index (χ0v) is 22.6. The molecule has 4 aromatic carbocycles. The quantitative estimate of drug-likeness (QED) is 0.202. The number of ketones is 3. The molecule has 0 unspecified atom stereocenters. The summed E-state index contributed by atoms with van der Waals surface area (Å²) in [6, 6.07) is 28.1. The molecule has 0 spiro atoms. The lowest BCUT2D eigenvalue weighted by Crippen LogP contribution is -2.29. The van der Waals surface area contributed by atoms with Crippen LogP contribution in [0.3, 0.4) is 0 Å². The second-order valence-electron chi connectivity index (χ2n) is 9.12. The SMILES string of the molecule is O=C(C[C@@H]1c2ccccc2[C@@H](C(=O)c2ccc(Br)cc2)[C@@H]1C(=O)c1ccc(Cl)cc1)c1ccc(Cl)cc1. The van der Waals surface area contributed by atoms with Gasteiger partial charge in [-0.25, -0.2) is 0 Å². The summed E-state index contributed by atoms with van der Waals surface area (Å²) >= 11 is 15.5. The molecule has 0 aliphatic heterocycles. The molecule has 1 aliphatic carbocycles. The lowest BCUT2D eigenvalue weighted by atomic mass is 9.76. The molecular weight excluding hydrogens is 571 g/mol. The van der Waals surface area contributed by atoms with Gasteiger partial charge in [0, 0.05) is 49.5 Å². The van der Waals surface area contributed by atoms with Crippen molar-refractivity contribution < 1.29 is 14.4 Å². The third kappa shape index (κ3) is 5.19. The minimum atomic E-state index is -0.744. The van der Waals surface area contributed by atoms with Crippen LogP contribution in [0.15, 0.2) is 102 Å². The molecule has 3 atom stereocenters. The Morgan fingerprint density at radius 2 is 1.11 bits per heavy atom. The number of carbonyl (C=O) groups is 3. The fourth-order valence-corrected chi connectivity index (χ4v) is 5.70. The maximum absolute atomic E-state index is 14.1. The normalized spacial score (nSPS) is 18.3. The Kier molecular flexibility index (Phi) is 7.43. The number of halogens is 3. The molecule has 0 N–H and O–H groups in total. The first kappa shape index (κ1) is 25.6. The second kappa shape index (κ2) is 10.7. The molecule has 0 amide bonds. The molecule has 0 aromatic heterocycles. The molecular formula is C31H21BrCl2O3. The van der Waals surface area contributed by atoms with Gasteiger partial charge >= 0.3 is 0 Å². The average Bonchev–Trinajstić information content (AvgIpc) is 3.23. The van der Waals surface area contributed by atoms with Gasteiger partial charge in [0.15, 0.2) is 17.3 Å². The van der Waals surface area contributed by atoms with Crippen LogP contribution >= 0.6 is 39.1 Å². The van der Waals surface area contributed by atoms with Crippen molar-refractivity contribution in [2.75, 3.05) is 0 Å². The summed E-state index contributed by atoms with van der Waals surface area (Å²) in [6.07, 6.45) is 0.0900. The maximum Gasteiger partial charge on any atom is 0.171 e. The van der Waals surface area contributed by atoms with E-state index in [4.69, 9.17) is 23.2 Å². The van der Waals surface area contributed by atoms with Gasteiger partial charge in [-0.3, -0.25) is 14.4 Å². The van der Waals surface area contributed by atoms with Crippen LogP contribution in [0.2, 0.25) is 10.0 Å². The van der Waals surface area contributed by atoms with Gasteiger partial charge < -0.3 is 0 Å². The fourth-order valence-electron chi connectivity index (χ4n) is 5.18. The number of carbonyl (C=O) groups excluding carboxylic acids is 3. The van der Waals surface area contributed by atoms with Gasteiger partial charge in [0.2, 0.25) is 0 Å². The first-order valence-corrected chi connectivity index (χ1v) is 13.4. The predicted molar refractivity (Wildman–Crippen MR) is 150 cm³/mol. The van der Waals surface area contributed by atoms with Gasteiger partial charge in [0.05, 0.1) is 5.92 Å². The van der Waals surface area contributed by atoms with Gasteiger partial charge in [0.1, 0.15) is 0 Å². The number of rotatable bonds is 7. The Balaban J connectivity index is 1.60. The largest absolute Gasteiger partial charge is 0.294 e. The number of benzene rings is 4. The van der Waals surface area contributed by atoms with E-state index in [0.717, 1.165) is 15.6 Å². The third-order valence-electron chi connectivity index (χ3n) is 6.94. The number of hydrogen-bond acceptors (Lipinski definition) is 3. The van der Waals surface area contributed by atoms with Crippen LogP contribution in [0.4, 0.5) is 0 Å². The Bertz CT molecular complexity index is 1480. The van der Waals surface area contributed by atoms with Crippen LogP contribution in [0.25, 0.3) is 0 Å². The van der Waals surface area contributed by atoms with Gasteiger partial charge in [-0.15, -0.1) is 0 Å².